The molecule has 0 N–H and O–H groups in total. The van der Waals surface area contributed by atoms with Gasteiger partial charge in [-0.2, -0.15) is 0 Å². The molecular weight excluding hydrogens is 302 g/mol. The van der Waals surface area contributed by atoms with E-state index < -0.39 is 0 Å². The minimum atomic E-state index is 0.151. The molecule has 0 saturated heterocycles. The van der Waals surface area contributed by atoms with Gasteiger partial charge in [-0.3, -0.25) is 4.79 Å². The lowest BCUT2D eigenvalue weighted by Gasteiger charge is -2.26. The number of halogens is 1. The van der Waals surface area contributed by atoms with Crippen LogP contribution in [-0.2, 0) is 11.3 Å². The first-order valence-corrected chi connectivity index (χ1v) is 7.96. The van der Waals surface area contributed by atoms with E-state index in [4.69, 9.17) is 0 Å². The standard InChI is InChI=1S/C16H22BrNO/c1-3-5-12(2)16(19)18(15-8-9-15)11-13-6-4-7-14(17)10-13/h4,6-7,10,12,15H,3,5,8-9,11H2,1-2H3. The molecule has 0 heterocycles. The molecule has 19 heavy (non-hydrogen) atoms. The molecule has 1 atom stereocenters. The monoisotopic (exact) mass is 323 g/mol. The molecule has 1 unspecified atom stereocenters. The first-order valence-electron chi connectivity index (χ1n) is 7.16. The molecule has 0 spiro atoms. The predicted octanol–water partition coefficient (Wildman–Crippen LogP) is 4.38. The summed E-state index contributed by atoms with van der Waals surface area (Å²) in [6, 6.07) is 8.73. The molecule has 0 aliphatic heterocycles. The molecule has 2 rings (SSSR count). The smallest absolute Gasteiger partial charge is 0.225 e. The maximum absolute atomic E-state index is 12.5. The van der Waals surface area contributed by atoms with Crippen molar-refractivity contribution in [3.8, 4) is 0 Å². The third-order valence-corrected chi connectivity index (χ3v) is 4.15. The fourth-order valence-corrected chi connectivity index (χ4v) is 2.89. The fourth-order valence-electron chi connectivity index (χ4n) is 2.44. The summed E-state index contributed by atoms with van der Waals surface area (Å²) in [5.74, 6) is 0.474. The van der Waals surface area contributed by atoms with E-state index in [9.17, 15) is 4.79 Å². The maximum Gasteiger partial charge on any atom is 0.225 e. The van der Waals surface area contributed by atoms with Crippen molar-refractivity contribution in [2.24, 2.45) is 5.92 Å². The minimum Gasteiger partial charge on any atom is -0.335 e. The van der Waals surface area contributed by atoms with Gasteiger partial charge in [0.15, 0.2) is 0 Å². The van der Waals surface area contributed by atoms with E-state index in [0.717, 1.165) is 23.9 Å². The molecule has 1 amide bonds. The average molecular weight is 324 g/mol. The third kappa shape index (κ3) is 4.07. The summed E-state index contributed by atoms with van der Waals surface area (Å²) in [7, 11) is 0. The highest BCUT2D eigenvalue weighted by molar-refractivity contribution is 9.10. The van der Waals surface area contributed by atoms with Crippen LogP contribution >= 0.6 is 15.9 Å². The van der Waals surface area contributed by atoms with Gasteiger partial charge in [0.1, 0.15) is 0 Å². The number of benzene rings is 1. The quantitative estimate of drug-likeness (QED) is 0.760. The Balaban J connectivity index is 2.06. The lowest BCUT2D eigenvalue weighted by Crippen LogP contribution is -2.36. The number of carbonyl (C=O) groups is 1. The van der Waals surface area contributed by atoms with Crippen LogP contribution in [0.4, 0.5) is 0 Å². The largest absolute Gasteiger partial charge is 0.335 e. The topological polar surface area (TPSA) is 20.3 Å². The molecule has 1 aliphatic rings. The van der Waals surface area contributed by atoms with Crippen molar-refractivity contribution < 1.29 is 4.79 Å². The van der Waals surface area contributed by atoms with Gasteiger partial charge in [-0.25, -0.2) is 0 Å². The van der Waals surface area contributed by atoms with Gasteiger partial charge in [-0.15, -0.1) is 0 Å². The minimum absolute atomic E-state index is 0.151. The highest BCUT2D eigenvalue weighted by Crippen LogP contribution is 2.30. The Hall–Kier alpha value is -0.830. The Kier molecular flexibility index (Phi) is 5.03. The summed E-state index contributed by atoms with van der Waals surface area (Å²) in [5, 5.41) is 0. The number of hydrogen-bond donors (Lipinski definition) is 0. The Bertz CT molecular complexity index is 442. The zero-order chi connectivity index (χ0) is 13.8. The molecule has 3 heteroatoms. The third-order valence-electron chi connectivity index (χ3n) is 3.66. The molecule has 1 aromatic rings. The van der Waals surface area contributed by atoms with E-state index in [1.54, 1.807) is 0 Å². The van der Waals surface area contributed by atoms with E-state index in [0.29, 0.717) is 11.9 Å². The normalized spacial score (nSPS) is 16.2. The number of carbonyl (C=O) groups excluding carboxylic acids is 1. The number of nitrogens with zero attached hydrogens (tertiary/aromatic N) is 1. The van der Waals surface area contributed by atoms with E-state index in [-0.39, 0.29) is 5.92 Å². The molecule has 104 valence electrons. The van der Waals surface area contributed by atoms with Crippen LogP contribution < -0.4 is 0 Å². The highest BCUT2D eigenvalue weighted by Gasteiger charge is 2.34. The van der Waals surface area contributed by atoms with Gasteiger partial charge >= 0.3 is 0 Å². The second kappa shape index (κ2) is 6.56. The molecule has 0 bridgehead atoms. The number of hydrogen-bond acceptors (Lipinski definition) is 1. The SMILES string of the molecule is CCCC(C)C(=O)N(Cc1cccc(Br)c1)C1CC1. The van der Waals surface area contributed by atoms with Crippen LogP contribution in [0, 0.1) is 5.92 Å². The van der Waals surface area contributed by atoms with Crippen molar-refractivity contribution >= 4 is 21.8 Å². The van der Waals surface area contributed by atoms with Crippen LogP contribution in [0.2, 0.25) is 0 Å². The second-order valence-corrected chi connectivity index (χ2v) is 6.43. The summed E-state index contributed by atoms with van der Waals surface area (Å²) < 4.78 is 1.08. The van der Waals surface area contributed by atoms with Crippen molar-refractivity contribution in [1.29, 1.82) is 0 Å². The summed E-state index contributed by atoms with van der Waals surface area (Å²) in [6.45, 7) is 4.94. The Morgan fingerprint density at radius 1 is 1.47 bits per heavy atom. The second-order valence-electron chi connectivity index (χ2n) is 5.52. The average Bonchev–Trinajstić information content (AvgIpc) is 3.20. The molecule has 1 aliphatic carbocycles. The molecule has 0 radical (unpaired) electrons. The van der Waals surface area contributed by atoms with Gasteiger partial charge in [0.05, 0.1) is 0 Å². The molecule has 0 aromatic heterocycles. The lowest BCUT2D eigenvalue weighted by molar-refractivity contribution is -0.136. The summed E-state index contributed by atoms with van der Waals surface area (Å²) >= 11 is 3.49. The van der Waals surface area contributed by atoms with Crippen molar-refractivity contribution in [2.45, 2.75) is 52.1 Å². The lowest BCUT2D eigenvalue weighted by atomic mass is 10.0. The van der Waals surface area contributed by atoms with E-state index in [1.807, 2.05) is 12.1 Å². The van der Waals surface area contributed by atoms with Crippen LogP contribution in [0.1, 0.15) is 45.1 Å². The maximum atomic E-state index is 12.5. The molecule has 1 saturated carbocycles. The number of amides is 1. The Morgan fingerprint density at radius 2 is 2.21 bits per heavy atom. The van der Waals surface area contributed by atoms with E-state index >= 15 is 0 Å². The van der Waals surface area contributed by atoms with Crippen LogP contribution in [0.5, 0.6) is 0 Å². The molecule has 1 aromatic carbocycles. The van der Waals surface area contributed by atoms with E-state index in [2.05, 4.69) is 46.8 Å². The van der Waals surface area contributed by atoms with Crippen molar-refractivity contribution in [3.63, 3.8) is 0 Å². The van der Waals surface area contributed by atoms with Gasteiger partial charge in [-0.1, -0.05) is 48.3 Å². The first kappa shape index (κ1) is 14.6. The molecule has 1 fully saturated rings. The van der Waals surface area contributed by atoms with Gasteiger partial charge in [0.2, 0.25) is 5.91 Å². The Morgan fingerprint density at radius 3 is 2.79 bits per heavy atom. The van der Waals surface area contributed by atoms with Crippen LogP contribution in [0.15, 0.2) is 28.7 Å². The molecular formula is C16H22BrNO. The Labute approximate surface area is 124 Å². The van der Waals surface area contributed by atoms with Gasteiger partial charge in [0.25, 0.3) is 0 Å². The number of rotatable bonds is 6. The van der Waals surface area contributed by atoms with Crippen molar-refractivity contribution in [1.82, 2.24) is 4.90 Å². The highest BCUT2D eigenvalue weighted by atomic mass is 79.9. The van der Waals surface area contributed by atoms with Crippen LogP contribution in [0.3, 0.4) is 0 Å². The fraction of sp³-hybridized carbons (Fsp3) is 0.562. The van der Waals surface area contributed by atoms with Crippen molar-refractivity contribution in [2.75, 3.05) is 0 Å². The van der Waals surface area contributed by atoms with Gasteiger partial charge < -0.3 is 4.90 Å². The van der Waals surface area contributed by atoms with Gasteiger partial charge in [-0.05, 0) is 37.0 Å². The van der Waals surface area contributed by atoms with Crippen LogP contribution in [0.25, 0.3) is 0 Å². The van der Waals surface area contributed by atoms with Gasteiger partial charge in [0, 0.05) is 23.0 Å². The van der Waals surface area contributed by atoms with Crippen molar-refractivity contribution in [3.05, 3.63) is 34.3 Å². The predicted molar refractivity (Wildman–Crippen MR) is 81.8 cm³/mol. The zero-order valence-electron chi connectivity index (χ0n) is 11.7. The summed E-state index contributed by atoms with van der Waals surface area (Å²) in [6.07, 6.45) is 4.39. The summed E-state index contributed by atoms with van der Waals surface area (Å²) in [5.41, 5.74) is 1.21. The first-order chi connectivity index (χ1) is 9.11. The van der Waals surface area contributed by atoms with E-state index in [1.165, 1.54) is 18.4 Å². The zero-order valence-corrected chi connectivity index (χ0v) is 13.3. The molecule has 2 nitrogen and oxygen atoms in total. The van der Waals surface area contributed by atoms with Crippen LogP contribution in [-0.4, -0.2) is 16.8 Å². The summed E-state index contributed by atoms with van der Waals surface area (Å²) in [4.78, 5) is 14.6.